The molecule has 0 unspecified atom stereocenters. The predicted octanol–water partition coefficient (Wildman–Crippen LogP) is 5.32. The molecule has 3 aromatic rings. The highest BCUT2D eigenvalue weighted by molar-refractivity contribution is 5.86. The Labute approximate surface area is 225 Å². The second-order valence-corrected chi connectivity index (χ2v) is 11.8. The van der Waals surface area contributed by atoms with Crippen molar-refractivity contribution in [2.75, 3.05) is 30.0 Å². The van der Waals surface area contributed by atoms with Crippen LogP contribution in [0.1, 0.15) is 76.2 Å². The van der Waals surface area contributed by atoms with Crippen LogP contribution in [0.3, 0.4) is 0 Å². The van der Waals surface area contributed by atoms with Crippen LogP contribution in [0.5, 0.6) is 0 Å². The zero-order valence-corrected chi connectivity index (χ0v) is 22.9. The van der Waals surface area contributed by atoms with Gasteiger partial charge in [-0.05, 0) is 55.9 Å². The van der Waals surface area contributed by atoms with Crippen LogP contribution in [0.2, 0.25) is 0 Å². The summed E-state index contributed by atoms with van der Waals surface area (Å²) in [6, 6.07) is 11.0. The maximum atomic E-state index is 10.0. The Morgan fingerprint density at radius 3 is 2.55 bits per heavy atom. The largest absolute Gasteiger partial charge is 0.388 e. The maximum absolute atomic E-state index is 10.0. The average molecular weight is 519 g/mol. The van der Waals surface area contributed by atoms with Crippen molar-refractivity contribution in [3.8, 4) is 0 Å². The van der Waals surface area contributed by atoms with E-state index in [0.29, 0.717) is 42.6 Å². The summed E-state index contributed by atoms with van der Waals surface area (Å²) in [7, 11) is 0. The minimum atomic E-state index is -0.199. The maximum Gasteiger partial charge on any atom is 0.208 e. The quantitative estimate of drug-likeness (QED) is 0.417. The molecule has 38 heavy (non-hydrogen) atoms. The fourth-order valence-corrected chi connectivity index (χ4v) is 6.47. The van der Waals surface area contributed by atoms with Gasteiger partial charge >= 0.3 is 0 Å². The molecule has 0 amide bonds. The molecule has 3 aliphatic rings. The summed E-state index contributed by atoms with van der Waals surface area (Å²) in [5.74, 6) is 4.25. The van der Waals surface area contributed by atoms with E-state index < -0.39 is 0 Å². The third-order valence-electron chi connectivity index (χ3n) is 9.14. The van der Waals surface area contributed by atoms with Gasteiger partial charge in [-0.25, -0.2) is 9.97 Å². The number of hydrogen-bond acceptors (Lipinski definition) is 7. The van der Waals surface area contributed by atoms with Crippen molar-refractivity contribution in [1.29, 1.82) is 0 Å². The Bertz CT molecular complexity index is 1220. The van der Waals surface area contributed by atoms with Crippen molar-refractivity contribution >= 4 is 22.9 Å². The van der Waals surface area contributed by atoms with E-state index in [1.54, 1.807) is 0 Å². The Kier molecular flexibility index (Phi) is 7.52. The molecule has 1 aliphatic heterocycles. The van der Waals surface area contributed by atoms with Crippen LogP contribution < -0.4 is 10.2 Å². The number of aliphatic hydroxyl groups excluding tert-OH is 1. The van der Waals surface area contributed by atoms with E-state index in [4.69, 9.17) is 19.7 Å². The minimum absolute atomic E-state index is 0.0856. The molecule has 3 fully saturated rings. The monoisotopic (exact) mass is 518 g/mol. The molecule has 2 atom stereocenters. The van der Waals surface area contributed by atoms with Gasteiger partial charge in [0.15, 0.2) is 17.3 Å². The first-order valence-electron chi connectivity index (χ1n) is 14.6. The molecule has 2 aliphatic carbocycles. The van der Waals surface area contributed by atoms with Gasteiger partial charge in [-0.1, -0.05) is 56.5 Å². The lowest BCUT2D eigenvalue weighted by molar-refractivity contribution is 0.0927. The number of ether oxygens (including phenoxy) is 1. The van der Waals surface area contributed by atoms with E-state index >= 15 is 0 Å². The van der Waals surface area contributed by atoms with E-state index in [2.05, 4.69) is 59.0 Å². The number of anilines is 2. The molecule has 2 N–H and O–H groups in total. The smallest absolute Gasteiger partial charge is 0.208 e. The lowest BCUT2D eigenvalue weighted by Gasteiger charge is -2.37. The number of benzene rings is 1. The Hall–Kier alpha value is -2.71. The van der Waals surface area contributed by atoms with Crippen molar-refractivity contribution in [2.45, 2.75) is 84.0 Å². The summed E-state index contributed by atoms with van der Waals surface area (Å²) in [6.07, 6.45) is 8.86. The van der Waals surface area contributed by atoms with Crippen molar-refractivity contribution in [1.82, 2.24) is 19.5 Å². The molecular weight excluding hydrogens is 476 g/mol. The van der Waals surface area contributed by atoms with Gasteiger partial charge < -0.3 is 24.6 Å². The van der Waals surface area contributed by atoms with Crippen molar-refractivity contribution in [3.63, 3.8) is 0 Å². The summed E-state index contributed by atoms with van der Waals surface area (Å²) >= 11 is 0. The molecule has 1 aromatic carbocycles. The number of hydrogen-bond donors (Lipinski definition) is 2. The summed E-state index contributed by atoms with van der Waals surface area (Å²) in [5.41, 5.74) is 2.88. The van der Waals surface area contributed by atoms with Gasteiger partial charge in [-0.2, -0.15) is 4.98 Å². The summed E-state index contributed by atoms with van der Waals surface area (Å²) < 4.78 is 8.37. The SMILES string of the molecule is CC1CCC(Cn2c(N3CCOC[C@H]3c3ccccc3)nc3nc(CO)nc(N[C@H](C)C4CCC4)c32)CC1. The van der Waals surface area contributed by atoms with Crippen LogP contribution in [0.25, 0.3) is 11.2 Å². The van der Waals surface area contributed by atoms with E-state index in [9.17, 15) is 5.11 Å². The molecule has 2 aromatic heterocycles. The molecule has 8 nitrogen and oxygen atoms in total. The third-order valence-corrected chi connectivity index (χ3v) is 9.14. The van der Waals surface area contributed by atoms with Crippen molar-refractivity contribution in [2.24, 2.45) is 17.8 Å². The molecule has 6 rings (SSSR count). The number of imidazole rings is 1. The van der Waals surface area contributed by atoms with Gasteiger partial charge in [0, 0.05) is 19.1 Å². The van der Waals surface area contributed by atoms with E-state index in [1.165, 1.54) is 50.5 Å². The number of aliphatic hydroxyl groups is 1. The lowest BCUT2D eigenvalue weighted by atomic mass is 9.80. The van der Waals surface area contributed by atoms with Gasteiger partial charge in [0.05, 0.1) is 19.3 Å². The van der Waals surface area contributed by atoms with Gasteiger partial charge in [0.25, 0.3) is 0 Å². The number of fused-ring (bicyclic) bond motifs is 1. The first-order valence-corrected chi connectivity index (χ1v) is 14.6. The molecule has 1 saturated heterocycles. The van der Waals surface area contributed by atoms with Crippen LogP contribution in [0, 0.1) is 17.8 Å². The third kappa shape index (κ3) is 5.13. The van der Waals surface area contributed by atoms with Gasteiger partial charge in [-0.3, -0.25) is 0 Å². The number of nitrogens with zero attached hydrogens (tertiary/aromatic N) is 5. The highest BCUT2D eigenvalue weighted by Gasteiger charge is 2.32. The molecular formula is C30H42N6O2. The zero-order valence-electron chi connectivity index (χ0n) is 22.9. The van der Waals surface area contributed by atoms with Crippen molar-refractivity contribution in [3.05, 3.63) is 41.7 Å². The Morgan fingerprint density at radius 1 is 1.05 bits per heavy atom. The van der Waals surface area contributed by atoms with Crippen LogP contribution >= 0.6 is 0 Å². The summed E-state index contributed by atoms with van der Waals surface area (Å²) in [5, 5.41) is 13.7. The van der Waals surface area contributed by atoms with Gasteiger partial charge in [0.1, 0.15) is 12.1 Å². The fourth-order valence-electron chi connectivity index (χ4n) is 6.47. The molecule has 0 spiro atoms. The van der Waals surface area contributed by atoms with Crippen molar-refractivity contribution < 1.29 is 9.84 Å². The molecule has 8 heteroatoms. The highest BCUT2D eigenvalue weighted by atomic mass is 16.5. The zero-order chi connectivity index (χ0) is 26.1. The molecule has 0 bridgehead atoms. The Balaban J connectivity index is 1.45. The van der Waals surface area contributed by atoms with Gasteiger partial charge in [0.2, 0.25) is 5.95 Å². The Morgan fingerprint density at radius 2 is 1.84 bits per heavy atom. The molecule has 3 heterocycles. The van der Waals surface area contributed by atoms with E-state index in [1.807, 2.05) is 0 Å². The first kappa shape index (κ1) is 25.6. The fraction of sp³-hybridized carbons (Fsp3) is 0.633. The predicted molar refractivity (Wildman–Crippen MR) is 150 cm³/mol. The van der Waals surface area contributed by atoms with Crippen LogP contribution in [-0.4, -0.2) is 50.4 Å². The number of aromatic nitrogens is 4. The minimum Gasteiger partial charge on any atom is -0.388 e. The van der Waals surface area contributed by atoms with Crippen LogP contribution in [-0.2, 0) is 17.9 Å². The van der Waals surface area contributed by atoms with Gasteiger partial charge in [-0.15, -0.1) is 0 Å². The first-order chi connectivity index (χ1) is 18.6. The second kappa shape index (κ2) is 11.2. The molecule has 2 saturated carbocycles. The summed E-state index contributed by atoms with van der Waals surface area (Å²) in [6.45, 7) is 7.41. The lowest BCUT2D eigenvalue weighted by Crippen LogP contribution is -2.41. The number of morpholine rings is 1. The topological polar surface area (TPSA) is 88.3 Å². The number of rotatable bonds is 8. The number of nitrogens with one attached hydrogen (secondary N) is 1. The highest BCUT2D eigenvalue weighted by Crippen LogP contribution is 2.38. The summed E-state index contributed by atoms with van der Waals surface area (Å²) in [4.78, 5) is 17.1. The molecule has 204 valence electrons. The van der Waals surface area contributed by atoms with E-state index in [0.717, 1.165) is 36.3 Å². The average Bonchev–Trinajstić information content (AvgIpc) is 3.27. The van der Waals surface area contributed by atoms with Crippen LogP contribution in [0.15, 0.2) is 30.3 Å². The van der Waals surface area contributed by atoms with Crippen LogP contribution in [0.4, 0.5) is 11.8 Å². The standard InChI is InChI=1S/C30H42N6O2/c1-20-11-13-22(14-12-20)17-36-27-28(31-21(2)23-9-6-10-23)32-26(18-37)33-29(27)34-30(36)35-15-16-38-19-25(35)24-7-4-3-5-8-24/h3-5,7-8,20-23,25,37H,6,9-19H2,1-2H3,(H,31,32,33)/t20?,21-,22?,25+/m1/s1. The van der Waals surface area contributed by atoms with E-state index in [-0.39, 0.29) is 12.6 Å². The normalized spacial score (nSPS) is 25.3. The second-order valence-electron chi connectivity index (χ2n) is 11.8. The molecule has 0 radical (unpaired) electrons.